The predicted molar refractivity (Wildman–Crippen MR) is 152 cm³/mol. The molecule has 0 radical (unpaired) electrons. The molecule has 0 aromatic carbocycles. The van der Waals surface area contributed by atoms with Crippen molar-refractivity contribution < 1.29 is 54.1 Å². The van der Waals surface area contributed by atoms with E-state index in [0.717, 1.165) is 32.8 Å². The van der Waals surface area contributed by atoms with Gasteiger partial charge in [0, 0.05) is 6.42 Å². The maximum atomic E-state index is 12.1. The van der Waals surface area contributed by atoms with Crippen LogP contribution in [0.25, 0.3) is 0 Å². The van der Waals surface area contributed by atoms with Gasteiger partial charge < -0.3 is 44.5 Å². The number of aliphatic hydroxyl groups is 5. The summed E-state index contributed by atoms with van der Waals surface area (Å²) in [6, 6.07) is 0. The van der Waals surface area contributed by atoms with E-state index in [1.54, 1.807) is 0 Å². The van der Waals surface area contributed by atoms with Crippen LogP contribution in [0.15, 0.2) is 0 Å². The first-order valence-electron chi connectivity index (χ1n) is 16.1. The fourth-order valence-electron chi connectivity index (χ4n) is 10.3. The van der Waals surface area contributed by atoms with Crippen molar-refractivity contribution in [1.29, 1.82) is 0 Å². The van der Waals surface area contributed by atoms with Gasteiger partial charge >= 0.3 is 11.9 Å². The Labute approximate surface area is 254 Å². The summed E-state index contributed by atoms with van der Waals surface area (Å²) < 4.78 is 21.2. The summed E-state index contributed by atoms with van der Waals surface area (Å²) in [6.45, 7) is 6.67. The van der Waals surface area contributed by atoms with Crippen LogP contribution in [-0.2, 0) is 28.5 Å². The summed E-state index contributed by atoms with van der Waals surface area (Å²) in [4.78, 5) is 23.9. The van der Waals surface area contributed by atoms with E-state index in [2.05, 4.69) is 25.5 Å². The van der Waals surface area contributed by atoms with Gasteiger partial charge in [-0.2, -0.15) is 0 Å². The average Bonchev–Trinajstić information content (AvgIpc) is 3.35. The molecular formula is C32H52O11. The van der Waals surface area contributed by atoms with Crippen LogP contribution in [0.5, 0.6) is 0 Å². The number of carbonyl (C=O) groups excluding carboxylic acids is 2. The number of carbonyl (C=O) groups is 2. The van der Waals surface area contributed by atoms with Crippen molar-refractivity contribution in [2.75, 3.05) is 14.2 Å². The number of hydrogen-bond donors (Lipinski definition) is 5. The quantitative estimate of drug-likeness (QED) is 0.209. The Kier molecular flexibility index (Phi) is 9.57. The van der Waals surface area contributed by atoms with Gasteiger partial charge in [-0.3, -0.25) is 4.79 Å². The van der Waals surface area contributed by atoms with E-state index < -0.39 is 48.9 Å². The molecule has 246 valence electrons. The Morgan fingerprint density at radius 2 is 1.63 bits per heavy atom. The second kappa shape index (κ2) is 12.5. The average molecular weight is 613 g/mol. The third kappa shape index (κ3) is 5.55. The number of ether oxygens (including phenoxy) is 4. The van der Waals surface area contributed by atoms with Crippen molar-refractivity contribution in [3.63, 3.8) is 0 Å². The number of aliphatic hydroxyl groups excluding tert-OH is 5. The smallest absolute Gasteiger partial charge is 0.337 e. The molecule has 5 rings (SSSR count). The van der Waals surface area contributed by atoms with Crippen molar-refractivity contribution in [2.24, 2.45) is 46.3 Å². The molecule has 5 N–H and O–H groups in total. The molecular weight excluding hydrogens is 560 g/mol. The number of fused-ring (bicyclic) bond motifs is 5. The van der Waals surface area contributed by atoms with Gasteiger partial charge in [-0.1, -0.05) is 20.8 Å². The summed E-state index contributed by atoms with van der Waals surface area (Å²) in [5, 5.41) is 54.7. The summed E-state index contributed by atoms with van der Waals surface area (Å²) in [5.41, 5.74) is -0.436. The Morgan fingerprint density at radius 3 is 2.30 bits per heavy atom. The lowest BCUT2D eigenvalue weighted by molar-refractivity contribution is -0.311. The number of methoxy groups -OCH3 is 2. The Balaban J connectivity index is 1.28. The maximum absolute atomic E-state index is 12.1. The third-order valence-corrected chi connectivity index (χ3v) is 12.9. The van der Waals surface area contributed by atoms with Crippen molar-refractivity contribution >= 4 is 11.9 Å². The highest BCUT2D eigenvalue weighted by Gasteiger charge is 2.66. The summed E-state index contributed by atoms with van der Waals surface area (Å²) in [5.74, 6) is 0.00319. The fraction of sp³-hybridized carbons (Fsp3) is 0.938. The second-order valence-corrected chi connectivity index (χ2v) is 14.6. The van der Waals surface area contributed by atoms with E-state index >= 15 is 0 Å². The summed E-state index contributed by atoms with van der Waals surface area (Å²) in [7, 11) is 2.56. The maximum Gasteiger partial charge on any atom is 0.337 e. The molecule has 1 aliphatic heterocycles. The minimum atomic E-state index is -1.64. The van der Waals surface area contributed by atoms with Gasteiger partial charge in [0.1, 0.15) is 18.3 Å². The van der Waals surface area contributed by atoms with Gasteiger partial charge in [-0.05, 0) is 97.7 Å². The molecule has 5 aliphatic rings. The molecule has 4 saturated carbocycles. The minimum absolute atomic E-state index is 0.0888. The molecule has 1 heterocycles. The van der Waals surface area contributed by atoms with Crippen molar-refractivity contribution in [3.8, 4) is 0 Å². The molecule has 0 spiro atoms. The van der Waals surface area contributed by atoms with Crippen LogP contribution in [0.4, 0.5) is 0 Å². The molecule has 0 aromatic rings. The van der Waals surface area contributed by atoms with Crippen LogP contribution >= 0.6 is 0 Å². The monoisotopic (exact) mass is 612 g/mol. The van der Waals surface area contributed by atoms with Gasteiger partial charge in [0.05, 0.1) is 32.5 Å². The van der Waals surface area contributed by atoms with E-state index in [-0.39, 0.29) is 58.4 Å². The van der Waals surface area contributed by atoms with Gasteiger partial charge in [-0.15, -0.1) is 0 Å². The zero-order valence-electron chi connectivity index (χ0n) is 26.1. The fourth-order valence-corrected chi connectivity index (χ4v) is 10.3. The largest absolute Gasteiger partial charge is 0.469 e. The van der Waals surface area contributed by atoms with Gasteiger partial charge in [0.25, 0.3) is 0 Å². The highest BCUT2D eigenvalue weighted by molar-refractivity contribution is 5.75. The molecule has 5 fully saturated rings. The molecule has 1 unspecified atom stereocenters. The number of esters is 2. The van der Waals surface area contributed by atoms with Crippen LogP contribution in [-0.4, -0.2) is 101 Å². The van der Waals surface area contributed by atoms with Gasteiger partial charge in [0.2, 0.25) is 0 Å². The zero-order valence-corrected chi connectivity index (χ0v) is 26.1. The Hall–Kier alpha value is -1.34. The van der Waals surface area contributed by atoms with Crippen LogP contribution in [0, 0.1) is 46.3 Å². The number of rotatable bonds is 7. The number of hydrogen-bond acceptors (Lipinski definition) is 11. The predicted octanol–water partition coefficient (Wildman–Crippen LogP) is 1.54. The van der Waals surface area contributed by atoms with E-state index in [4.69, 9.17) is 14.2 Å². The Morgan fingerprint density at radius 1 is 0.907 bits per heavy atom. The standard InChI is InChI=1S/C32H52O11/c1-15(6-9-23(35)40-4)18-7-8-19-24-20(14-22(34)32(18,19)3)31(2)11-10-17(12-16(31)13-21(24)33)42-30-27(38)25(36)26(37)28(43-30)29(39)41-5/h15-22,24-28,30,33-34,36-38H,6-14H2,1-5H3/t15-,16+,17-,18-,19+,20+,21-,22+,24+,25?,26+,27-,28+,30-,31+,32-/m1/s1. The lowest BCUT2D eigenvalue weighted by Crippen LogP contribution is -2.63. The van der Waals surface area contributed by atoms with E-state index in [1.807, 2.05) is 0 Å². The molecule has 16 atom stereocenters. The molecule has 43 heavy (non-hydrogen) atoms. The third-order valence-electron chi connectivity index (χ3n) is 12.9. The SMILES string of the molecule is COC(=O)CC[C@@H](C)[C@H]1CC[C@H]2[C@@H]3[C@H](O)C[C@@H]4C[C@H](O[C@@H]5O[C@H](C(=O)OC)[C@@H](O)C(O)[C@H]5O)CC[C@]4(C)[C@H]3C[C@H](O)[C@]12C. The van der Waals surface area contributed by atoms with Gasteiger partial charge in [-0.25, -0.2) is 4.79 Å². The summed E-state index contributed by atoms with van der Waals surface area (Å²) >= 11 is 0. The van der Waals surface area contributed by atoms with Crippen molar-refractivity contribution in [2.45, 2.75) is 128 Å². The molecule has 4 aliphatic carbocycles. The highest BCUT2D eigenvalue weighted by atomic mass is 16.7. The first-order chi connectivity index (χ1) is 20.3. The lowest BCUT2D eigenvalue weighted by atomic mass is 9.43. The molecule has 11 heteroatoms. The van der Waals surface area contributed by atoms with Crippen LogP contribution in [0.2, 0.25) is 0 Å². The topological polar surface area (TPSA) is 172 Å². The Bertz CT molecular complexity index is 1020. The van der Waals surface area contributed by atoms with Crippen LogP contribution in [0.3, 0.4) is 0 Å². The normalized spacial score (nSPS) is 50.1. The van der Waals surface area contributed by atoms with Crippen molar-refractivity contribution in [1.82, 2.24) is 0 Å². The first-order valence-corrected chi connectivity index (χ1v) is 16.1. The van der Waals surface area contributed by atoms with Crippen LogP contribution in [0.1, 0.15) is 78.6 Å². The first kappa shape index (κ1) is 33.0. The molecule has 0 aromatic heterocycles. The molecule has 1 saturated heterocycles. The van der Waals surface area contributed by atoms with E-state index in [9.17, 15) is 35.1 Å². The van der Waals surface area contributed by atoms with Crippen LogP contribution < -0.4 is 0 Å². The van der Waals surface area contributed by atoms with E-state index in [1.165, 1.54) is 7.11 Å². The lowest BCUT2D eigenvalue weighted by Gasteiger charge is -2.63. The van der Waals surface area contributed by atoms with E-state index in [0.29, 0.717) is 32.1 Å². The van der Waals surface area contributed by atoms with Gasteiger partial charge in [0.15, 0.2) is 12.4 Å². The minimum Gasteiger partial charge on any atom is -0.469 e. The molecule has 11 nitrogen and oxygen atoms in total. The zero-order chi connectivity index (χ0) is 31.4. The molecule has 0 bridgehead atoms. The molecule has 0 amide bonds. The summed E-state index contributed by atoms with van der Waals surface area (Å²) in [6.07, 6.45) is -2.62. The van der Waals surface area contributed by atoms with Crippen molar-refractivity contribution in [3.05, 3.63) is 0 Å². The highest BCUT2D eigenvalue weighted by Crippen LogP contribution is 2.68. The second-order valence-electron chi connectivity index (χ2n) is 14.6.